The number of carbonyl (C=O) groups is 1. The summed E-state index contributed by atoms with van der Waals surface area (Å²) in [5, 5.41) is 7.71. The van der Waals surface area contributed by atoms with Gasteiger partial charge in [-0.1, -0.05) is 32.9 Å². The molecule has 0 atom stereocenters. The maximum Gasteiger partial charge on any atom is 0.256 e. The maximum atomic E-state index is 12.6. The molecular weight excluding hydrogens is 336 g/mol. The Morgan fingerprint density at radius 2 is 1.68 bits per heavy atom. The van der Waals surface area contributed by atoms with Gasteiger partial charge in [-0.2, -0.15) is 5.10 Å². The maximum absolute atomic E-state index is 12.6. The Labute approximate surface area is 156 Å². The normalized spacial score (nSPS) is 11.8. The largest absolute Gasteiger partial charge is 0.326 e. The first-order valence-electron chi connectivity index (χ1n) is 8.24. The summed E-state index contributed by atoms with van der Waals surface area (Å²) in [6.45, 7) is 13.0. The minimum Gasteiger partial charge on any atom is -0.326 e. The zero-order valence-electron chi connectivity index (χ0n) is 15.9. The van der Waals surface area contributed by atoms with Crippen molar-refractivity contribution >= 4 is 24.1 Å². The van der Waals surface area contributed by atoms with Crippen LogP contribution in [0.25, 0.3) is 0 Å². The molecule has 0 unspecified atom stereocenters. The van der Waals surface area contributed by atoms with Crippen molar-refractivity contribution in [2.24, 2.45) is 5.73 Å². The van der Waals surface area contributed by atoms with Crippen molar-refractivity contribution in [1.29, 1.82) is 0 Å². The average molecular weight is 365 g/mol. The number of nitrogens with one attached hydrogen (secondary N) is 1. The SMILES string of the molecule is CC(C)(C)c1cc(NC(=O)c2ccc(CN)cc2)n(C(C)(C)C)n1.Cl. The number of hydrogen-bond donors (Lipinski definition) is 2. The molecule has 0 radical (unpaired) electrons. The summed E-state index contributed by atoms with van der Waals surface area (Å²) >= 11 is 0. The first-order valence-corrected chi connectivity index (χ1v) is 8.24. The summed E-state index contributed by atoms with van der Waals surface area (Å²) in [6, 6.07) is 9.28. The molecule has 0 aliphatic rings. The summed E-state index contributed by atoms with van der Waals surface area (Å²) < 4.78 is 1.87. The molecule has 138 valence electrons. The number of nitrogens with zero attached hydrogens (tertiary/aromatic N) is 2. The number of amides is 1. The predicted octanol–water partition coefficient (Wildman–Crippen LogP) is 4.07. The molecule has 1 heterocycles. The highest BCUT2D eigenvalue weighted by Crippen LogP contribution is 2.28. The van der Waals surface area contributed by atoms with Gasteiger partial charge in [-0.15, -0.1) is 12.4 Å². The quantitative estimate of drug-likeness (QED) is 0.862. The Morgan fingerprint density at radius 3 is 2.12 bits per heavy atom. The van der Waals surface area contributed by atoms with Crippen LogP contribution in [0.1, 0.15) is 63.2 Å². The van der Waals surface area contributed by atoms with E-state index in [4.69, 9.17) is 10.8 Å². The van der Waals surface area contributed by atoms with E-state index in [2.05, 4.69) is 46.9 Å². The van der Waals surface area contributed by atoms with Crippen LogP contribution in [0.2, 0.25) is 0 Å². The molecule has 0 aliphatic heterocycles. The van der Waals surface area contributed by atoms with Gasteiger partial charge in [-0.25, -0.2) is 4.68 Å². The van der Waals surface area contributed by atoms with Crippen molar-refractivity contribution in [3.05, 3.63) is 47.2 Å². The van der Waals surface area contributed by atoms with Crippen LogP contribution in [-0.4, -0.2) is 15.7 Å². The van der Waals surface area contributed by atoms with E-state index < -0.39 is 0 Å². The molecule has 1 aromatic carbocycles. The summed E-state index contributed by atoms with van der Waals surface area (Å²) in [4.78, 5) is 12.6. The molecular formula is C19H29ClN4O. The standard InChI is InChI=1S/C19H28N4O.ClH/c1-18(2,3)15-11-16(23(22-15)19(4,5)6)21-17(24)14-9-7-13(12-20)8-10-14;/h7-11H,12,20H2,1-6H3,(H,21,24);1H. The van der Waals surface area contributed by atoms with Crippen LogP contribution >= 0.6 is 12.4 Å². The van der Waals surface area contributed by atoms with Gasteiger partial charge in [0.15, 0.2) is 0 Å². The number of hydrogen-bond acceptors (Lipinski definition) is 3. The lowest BCUT2D eigenvalue weighted by molar-refractivity contribution is 0.102. The van der Waals surface area contributed by atoms with Gasteiger partial charge in [-0.05, 0) is 38.5 Å². The predicted molar refractivity (Wildman–Crippen MR) is 105 cm³/mol. The Hall–Kier alpha value is -1.85. The van der Waals surface area contributed by atoms with Crippen LogP contribution in [0.15, 0.2) is 30.3 Å². The van der Waals surface area contributed by atoms with Crippen molar-refractivity contribution < 1.29 is 4.79 Å². The minimum absolute atomic E-state index is 0. The van der Waals surface area contributed by atoms with E-state index in [-0.39, 0.29) is 29.3 Å². The third-order valence-corrected chi connectivity index (χ3v) is 3.81. The zero-order valence-corrected chi connectivity index (χ0v) is 16.7. The summed E-state index contributed by atoms with van der Waals surface area (Å²) in [5.74, 6) is 0.560. The van der Waals surface area contributed by atoms with Crippen LogP contribution < -0.4 is 11.1 Å². The minimum atomic E-state index is -0.227. The molecule has 6 heteroatoms. The first kappa shape index (κ1) is 21.2. The molecule has 3 N–H and O–H groups in total. The van der Waals surface area contributed by atoms with E-state index in [1.54, 1.807) is 12.1 Å². The van der Waals surface area contributed by atoms with Gasteiger partial charge in [0.1, 0.15) is 5.82 Å². The first-order chi connectivity index (χ1) is 11.0. The fraction of sp³-hybridized carbons (Fsp3) is 0.474. The lowest BCUT2D eigenvalue weighted by Gasteiger charge is -2.23. The van der Waals surface area contributed by atoms with Crippen molar-refractivity contribution in [2.75, 3.05) is 5.32 Å². The van der Waals surface area contributed by atoms with Crippen molar-refractivity contribution in [3.63, 3.8) is 0 Å². The van der Waals surface area contributed by atoms with Crippen LogP contribution in [0.3, 0.4) is 0 Å². The van der Waals surface area contributed by atoms with E-state index in [0.29, 0.717) is 17.9 Å². The van der Waals surface area contributed by atoms with Crippen molar-refractivity contribution in [1.82, 2.24) is 9.78 Å². The zero-order chi connectivity index (χ0) is 18.1. The van der Waals surface area contributed by atoms with E-state index in [0.717, 1.165) is 11.3 Å². The third-order valence-electron chi connectivity index (χ3n) is 3.81. The summed E-state index contributed by atoms with van der Waals surface area (Å²) in [6.07, 6.45) is 0. The monoisotopic (exact) mass is 364 g/mol. The van der Waals surface area contributed by atoms with Gasteiger partial charge >= 0.3 is 0 Å². The van der Waals surface area contributed by atoms with Gasteiger partial charge in [0.05, 0.1) is 11.2 Å². The number of nitrogens with two attached hydrogens (primary N) is 1. The van der Waals surface area contributed by atoms with Gasteiger partial charge in [0.2, 0.25) is 0 Å². The second-order valence-electron chi connectivity index (χ2n) is 8.10. The summed E-state index contributed by atoms with van der Waals surface area (Å²) in [7, 11) is 0. The molecule has 1 aromatic heterocycles. The molecule has 0 saturated heterocycles. The van der Waals surface area contributed by atoms with Crippen LogP contribution in [-0.2, 0) is 17.5 Å². The molecule has 25 heavy (non-hydrogen) atoms. The molecule has 1 amide bonds. The van der Waals surface area contributed by atoms with Gasteiger partial charge in [0.25, 0.3) is 5.91 Å². The number of rotatable bonds is 3. The topological polar surface area (TPSA) is 72.9 Å². The molecule has 0 aliphatic carbocycles. The average Bonchev–Trinajstić information content (AvgIpc) is 2.91. The molecule has 0 bridgehead atoms. The Kier molecular flexibility index (Phi) is 6.43. The molecule has 0 saturated carbocycles. The molecule has 2 aromatic rings. The number of aromatic nitrogens is 2. The van der Waals surface area contributed by atoms with E-state index in [1.165, 1.54) is 0 Å². The fourth-order valence-electron chi connectivity index (χ4n) is 2.33. The Bertz CT molecular complexity index is 721. The lowest BCUT2D eigenvalue weighted by atomic mass is 9.92. The van der Waals surface area contributed by atoms with Gasteiger partial charge < -0.3 is 11.1 Å². The fourth-order valence-corrected chi connectivity index (χ4v) is 2.33. The van der Waals surface area contributed by atoms with E-state index >= 15 is 0 Å². The number of halogens is 1. The van der Waals surface area contributed by atoms with E-state index in [1.807, 2.05) is 22.9 Å². The van der Waals surface area contributed by atoms with Crippen LogP contribution in [0, 0.1) is 0 Å². The molecule has 5 nitrogen and oxygen atoms in total. The number of carbonyl (C=O) groups excluding carboxylic acids is 1. The van der Waals surface area contributed by atoms with Gasteiger partial charge in [0, 0.05) is 23.6 Å². The number of benzene rings is 1. The molecule has 2 rings (SSSR count). The van der Waals surface area contributed by atoms with Crippen molar-refractivity contribution in [2.45, 2.75) is 59.0 Å². The number of anilines is 1. The van der Waals surface area contributed by atoms with Gasteiger partial charge in [-0.3, -0.25) is 4.79 Å². The Morgan fingerprint density at radius 1 is 1.12 bits per heavy atom. The molecule has 0 fully saturated rings. The third kappa shape index (κ3) is 5.06. The summed E-state index contributed by atoms with van der Waals surface area (Å²) in [5.41, 5.74) is 7.84. The molecule has 0 spiro atoms. The smallest absolute Gasteiger partial charge is 0.256 e. The van der Waals surface area contributed by atoms with Crippen LogP contribution in [0.4, 0.5) is 5.82 Å². The lowest BCUT2D eigenvalue weighted by Crippen LogP contribution is -2.27. The highest BCUT2D eigenvalue weighted by atomic mass is 35.5. The second-order valence-corrected chi connectivity index (χ2v) is 8.10. The highest BCUT2D eigenvalue weighted by molar-refractivity contribution is 6.03. The Balaban J connectivity index is 0.00000312. The highest BCUT2D eigenvalue weighted by Gasteiger charge is 2.25. The van der Waals surface area contributed by atoms with Crippen LogP contribution in [0.5, 0.6) is 0 Å². The van der Waals surface area contributed by atoms with Crippen molar-refractivity contribution in [3.8, 4) is 0 Å². The van der Waals surface area contributed by atoms with E-state index in [9.17, 15) is 4.79 Å². The second kappa shape index (κ2) is 7.58.